The number of aromatic nitrogens is 2. The highest BCUT2D eigenvalue weighted by Gasteiger charge is 2.08. The Morgan fingerprint density at radius 2 is 2.33 bits per heavy atom. The van der Waals surface area contributed by atoms with E-state index in [-0.39, 0.29) is 10.3 Å². The van der Waals surface area contributed by atoms with E-state index in [4.69, 9.17) is 17.3 Å². The predicted molar refractivity (Wildman–Crippen MR) is 43.8 cm³/mol. The molecule has 64 valence electrons. The van der Waals surface area contributed by atoms with Crippen LogP contribution in [0.15, 0.2) is 11.0 Å². The van der Waals surface area contributed by atoms with Crippen molar-refractivity contribution in [1.29, 1.82) is 0 Å². The lowest BCUT2D eigenvalue weighted by molar-refractivity contribution is 0.0694. The Kier molecular flexibility index (Phi) is 2.09. The highest BCUT2D eigenvalue weighted by molar-refractivity contribution is 7.71. The molecule has 0 unspecified atom stereocenters. The molecule has 1 rings (SSSR count). The zero-order valence-electron chi connectivity index (χ0n) is 6.20. The van der Waals surface area contributed by atoms with Gasteiger partial charge in [-0.2, -0.15) is 0 Å². The third kappa shape index (κ3) is 1.42. The molecule has 1 aromatic rings. The molecular weight excluding hydrogens is 180 g/mol. The van der Waals surface area contributed by atoms with Crippen molar-refractivity contribution in [2.24, 2.45) is 7.05 Å². The fourth-order valence-electron chi connectivity index (χ4n) is 0.716. The number of H-pyrrole nitrogens is 1. The lowest BCUT2D eigenvalue weighted by Gasteiger charge is -1.98. The number of nitrogens with zero attached hydrogens (tertiary/aromatic N) is 1. The van der Waals surface area contributed by atoms with Crippen molar-refractivity contribution in [1.82, 2.24) is 9.55 Å². The normalized spacial score (nSPS) is 9.75. The van der Waals surface area contributed by atoms with Gasteiger partial charge in [0.15, 0.2) is 4.77 Å². The Balaban J connectivity index is 3.54. The van der Waals surface area contributed by atoms with Gasteiger partial charge < -0.3 is 9.67 Å². The molecule has 1 aromatic heterocycles. The average molecular weight is 186 g/mol. The third-order valence-electron chi connectivity index (χ3n) is 1.34. The van der Waals surface area contributed by atoms with E-state index < -0.39 is 11.5 Å². The monoisotopic (exact) mass is 186 g/mol. The van der Waals surface area contributed by atoms with Crippen LogP contribution in [-0.4, -0.2) is 20.6 Å². The molecule has 0 saturated carbocycles. The molecule has 0 aliphatic heterocycles. The summed E-state index contributed by atoms with van der Waals surface area (Å²) in [7, 11) is 1.56. The second-order valence-electron chi connectivity index (χ2n) is 2.22. The van der Waals surface area contributed by atoms with Gasteiger partial charge in [-0.1, -0.05) is 0 Å². The van der Waals surface area contributed by atoms with Crippen LogP contribution in [0.3, 0.4) is 0 Å². The average Bonchev–Trinajstić information content (AvgIpc) is 1.96. The largest absolute Gasteiger partial charge is 0.477 e. The highest BCUT2D eigenvalue weighted by atomic mass is 32.1. The first kappa shape index (κ1) is 8.66. The number of carboxylic acid groups (broad SMARTS) is 1. The Labute approximate surface area is 72.3 Å². The summed E-state index contributed by atoms with van der Waals surface area (Å²) in [5, 5.41) is 8.51. The summed E-state index contributed by atoms with van der Waals surface area (Å²) in [6.07, 6.45) is 1.18. The van der Waals surface area contributed by atoms with Crippen molar-refractivity contribution in [2.75, 3.05) is 0 Å². The number of rotatable bonds is 1. The van der Waals surface area contributed by atoms with Crippen molar-refractivity contribution in [3.05, 3.63) is 26.9 Å². The minimum absolute atomic E-state index is 0.199. The molecule has 1 heterocycles. The molecule has 0 spiro atoms. The molecule has 0 radical (unpaired) electrons. The van der Waals surface area contributed by atoms with E-state index in [2.05, 4.69) is 4.98 Å². The molecule has 2 N–H and O–H groups in total. The second kappa shape index (κ2) is 2.90. The molecule has 0 aliphatic rings. The van der Waals surface area contributed by atoms with E-state index in [0.29, 0.717) is 0 Å². The first-order valence-corrected chi connectivity index (χ1v) is 3.46. The lowest BCUT2D eigenvalue weighted by Crippen LogP contribution is -2.20. The molecule has 0 atom stereocenters. The number of hydrogen-bond acceptors (Lipinski definition) is 3. The summed E-state index contributed by atoms with van der Waals surface area (Å²) in [4.78, 5) is 23.6. The van der Waals surface area contributed by atoms with E-state index in [0.717, 1.165) is 0 Å². The summed E-state index contributed by atoms with van der Waals surface area (Å²) in [5.74, 6) is -1.26. The van der Waals surface area contributed by atoms with E-state index in [9.17, 15) is 9.59 Å². The summed E-state index contributed by atoms with van der Waals surface area (Å²) < 4.78 is 1.56. The Bertz CT molecular complexity index is 431. The van der Waals surface area contributed by atoms with E-state index in [1.807, 2.05) is 0 Å². The van der Waals surface area contributed by atoms with Gasteiger partial charge in [0.1, 0.15) is 5.56 Å². The van der Waals surface area contributed by atoms with Crippen LogP contribution in [0, 0.1) is 4.77 Å². The molecule has 6 heteroatoms. The maximum atomic E-state index is 10.9. The van der Waals surface area contributed by atoms with Crippen molar-refractivity contribution >= 4 is 18.2 Å². The van der Waals surface area contributed by atoms with Gasteiger partial charge in [0, 0.05) is 13.2 Å². The van der Waals surface area contributed by atoms with Gasteiger partial charge in [-0.3, -0.25) is 9.78 Å². The highest BCUT2D eigenvalue weighted by Crippen LogP contribution is 1.89. The molecule has 0 fully saturated rings. The first-order valence-electron chi connectivity index (χ1n) is 3.05. The maximum absolute atomic E-state index is 10.9. The van der Waals surface area contributed by atoms with Gasteiger partial charge in [0.2, 0.25) is 0 Å². The van der Waals surface area contributed by atoms with E-state index in [1.165, 1.54) is 10.8 Å². The number of carbonyl (C=O) groups is 1. The zero-order chi connectivity index (χ0) is 9.30. The zero-order valence-corrected chi connectivity index (χ0v) is 7.01. The smallest absolute Gasteiger partial charge is 0.342 e. The molecule has 12 heavy (non-hydrogen) atoms. The van der Waals surface area contributed by atoms with Gasteiger partial charge in [0.25, 0.3) is 5.56 Å². The molecule has 0 saturated heterocycles. The van der Waals surface area contributed by atoms with Gasteiger partial charge in [-0.15, -0.1) is 0 Å². The molecule has 5 nitrogen and oxygen atoms in total. The number of carboxylic acids is 1. The van der Waals surface area contributed by atoms with Crippen LogP contribution in [0.5, 0.6) is 0 Å². The molecule has 0 amide bonds. The molecular formula is C6H6N2O3S. The quantitative estimate of drug-likeness (QED) is 0.612. The fraction of sp³-hybridized carbons (Fsp3) is 0.167. The van der Waals surface area contributed by atoms with Gasteiger partial charge >= 0.3 is 5.97 Å². The fourth-order valence-corrected chi connectivity index (χ4v) is 0.861. The van der Waals surface area contributed by atoms with Crippen LogP contribution in [0.1, 0.15) is 10.4 Å². The van der Waals surface area contributed by atoms with E-state index >= 15 is 0 Å². The van der Waals surface area contributed by atoms with Crippen LogP contribution in [0.25, 0.3) is 0 Å². The van der Waals surface area contributed by atoms with Crippen LogP contribution in [0.4, 0.5) is 0 Å². The predicted octanol–water partition coefficient (Wildman–Crippen LogP) is 0.141. The lowest BCUT2D eigenvalue weighted by atomic mass is 10.3. The van der Waals surface area contributed by atoms with Crippen molar-refractivity contribution in [3.8, 4) is 0 Å². The van der Waals surface area contributed by atoms with Crippen LogP contribution >= 0.6 is 12.2 Å². The Morgan fingerprint density at radius 1 is 1.75 bits per heavy atom. The minimum Gasteiger partial charge on any atom is -0.477 e. The Morgan fingerprint density at radius 3 is 2.83 bits per heavy atom. The third-order valence-corrected chi connectivity index (χ3v) is 1.73. The minimum atomic E-state index is -1.26. The molecule has 0 aliphatic carbocycles. The van der Waals surface area contributed by atoms with Crippen molar-refractivity contribution in [3.63, 3.8) is 0 Å². The second-order valence-corrected chi connectivity index (χ2v) is 2.60. The van der Waals surface area contributed by atoms with Gasteiger partial charge in [0.05, 0.1) is 0 Å². The SMILES string of the molecule is Cn1cc(C(=O)O)c(=O)[nH]c1=S. The number of aryl methyl sites for hydroxylation is 1. The summed E-state index contributed by atoms with van der Waals surface area (Å²) >= 11 is 4.70. The summed E-state index contributed by atoms with van der Waals surface area (Å²) in [6.45, 7) is 0. The summed E-state index contributed by atoms with van der Waals surface area (Å²) in [5.41, 5.74) is -0.989. The number of hydrogen-bond donors (Lipinski definition) is 2. The van der Waals surface area contributed by atoms with Crippen LogP contribution < -0.4 is 5.56 Å². The number of aromatic carboxylic acids is 1. The standard InChI is InChI=1S/C6H6N2O3S/c1-8-2-3(5(10)11)4(9)7-6(8)12/h2H,1H3,(H,10,11)(H,7,9,12). The van der Waals surface area contributed by atoms with E-state index in [1.54, 1.807) is 7.05 Å². The Hall–Kier alpha value is -1.43. The number of aromatic amines is 1. The van der Waals surface area contributed by atoms with Crippen LogP contribution in [-0.2, 0) is 7.05 Å². The van der Waals surface area contributed by atoms with Crippen LogP contribution in [0.2, 0.25) is 0 Å². The topological polar surface area (TPSA) is 75.1 Å². The first-order chi connectivity index (χ1) is 5.52. The van der Waals surface area contributed by atoms with Gasteiger partial charge in [-0.05, 0) is 12.2 Å². The maximum Gasteiger partial charge on any atom is 0.342 e. The van der Waals surface area contributed by atoms with Gasteiger partial charge in [-0.25, -0.2) is 4.79 Å². The van der Waals surface area contributed by atoms with Crippen molar-refractivity contribution < 1.29 is 9.90 Å². The molecule has 0 bridgehead atoms. The molecule has 0 aromatic carbocycles. The summed E-state index contributed by atoms with van der Waals surface area (Å²) in [6, 6.07) is 0. The number of nitrogens with one attached hydrogen (secondary N) is 1. The van der Waals surface area contributed by atoms with Crippen molar-refractivity contribution in [2.45, 2.75) is 0 Å².